The number of nitrogens with zero attached hydrogens (tertiary/aromatic N) is 4. The third-order valence-electron chi connectivity index (χ3n) is 5.90. The molecule has 2 aromatic rings. The van der Waals surface area contributed by atoms with Crippen LogP contribution in [0.4, 0.5) is 5.13 Å². The number of methoxy groups -OCH3 is 1. The van der Waals surface area contributed by atoms with Crippen LogP contribution in [0.5, 0.6) is 0 Å². The molecule has 15 nitrogen and oxygen atoms in total. The van der Waals surface area contributed by atoms with Gasteiger partial charge in [0.1, 0.15) is 30.3 Å². The number of carboxylic acids is 1. The Kier molecular flexibility index (Phi) is 9.69. The summed E-state index contributed by atoms with van der Waals surface area (Å²) >= 11 is 3.83. The highest BCUT2D eigenvalue weighted by atomic mass is 32.2. The third-order valence-corrected chi connectivity index (χ3v) is 9.01. The number of carbonyl (C=O) groups excluding carboxylic acids is 4. The highest BCUT2D eigenvalue weighted by molar-refractivity contribution is 8.01. The maximum Gasteiger partial charge on any atom is 0.324 e. The second-order valence-electron chi connectivity index (χ2n) is 8.52. The van der Waals surface area contributed by atoms with Gasteiger partial charge < -0.3 is 36.3 Å². The Hall–Kier alpha value is -3.87. The van der Waals surface area contributed by atoms with Crippen molar-refractivity contribution in [3.05, 3.63) is 46.9 Å². The first-order chi connectivity index (χ1) is 19.6. The molecular weight excluding hydrogens is 597 g/mol. The number of hydrogen-bond donors (Lipinski definition) is 4. The summed E-state index contributed by atoms with van der Waals surface area (Å²) in [7, 11) is 2.53. The van der Waals surface area contributed by atoms with Crippen molar-refractivity contribution < 1.29 is 38.5 Å². The summed E-state index contributed by atoms with van der Waals surface area (Å²) in [6, 6.07) is 1.81. The van der Waals surface area contributed by atoms with E-state index in [9.17, 15) is 24.3 Å². The molecule has 1 saturated heterocycles. The van der Waals surface area contributed by atoms with Gasteiger partial charge >= 0.3 is 5.97 Å². The fourth-order valence-corrected chi connectivity index (χ4v) is 6.82. The molecule has 2 amide bonds. The van der Waals surface area contributed by atoms with Crippen LogP contribution in [0.25, 0.3) is 0 Å². The summed E-state index contributed by atoms with van der Waals surface area (Å²) < 4.78 is 6.22. The molecule has 3 atom stereocenters. The van der Waals surface area contributed by atoms with Crippen molar-refractivity contribution in [1.82, 2.24) is 15.2 Å². The van der Waals surface area contributed by atoms with Crippen LogP contribution >= 0.6 is 34.9 Å². The van der Waals surface area contributed by atoms with Gasteiger partial charge in [-0.1, -0.05) is 9.83 Å². The number of aromatic nitrogens is 2. The van der Waals surface area contributed by atoms with E-state index >= 15 is 0 Å². The molecule has 18 heteroatoms. The lowest BCUT2D eigenvalue weighted by molar-refractivity contribution is -0.650. The predicted octanol–water partition coefficient (Wildman–Crippen LogP) is -2.40. The van der Waals surface area contributed by atoms with Crippen LogP contribution in [-0.2, 0) is 28.8 Å². The molecule has 2 aliphatic heterocycles. The van der Waals surface area contributed by atoms with Crippen LogP contribution in [0, 0.1) is 0 Å². The zero-order valence-electron chi connectivity index (χ0n) is 21.8. The number of aliphatic carboxylic acids is 1. The van der Waals surface area contributed by atoms with E-state index in [1.807, 2.05) is 0 Å². The number of thiazole rings is 1. The van der Waals surface area contributed by atoms with Crippen molar-refractivity contribution in [2.75, 3.05) is 43.4 Å². The van der Waals surface area contributed by atoms with Crippen molar-refractivity contribution in [2.24, 2.45) is 10.9 Å². The fraction of sp³-hybridized carbons (Fsp3) is 0.348. The molecule has 6 N–H and O–H groups in total. The number of carbonyl (C=O) groups is 4. The number of ether oxygens (including phenoxy) is 1. The molecule has 0 bridgehead atoms. The van der Waals surface area contributed by atoms with E-state index in [-0.39, 0.29) is 28.8 Å². The molecule has 0 saturated carbocycles. The summed E-state index contributed by atoms with van der Waals surface area (Å²) in [6.45, 7) is 0.162. The Labute approximate surface area is 246 Å². The number of nitrogens with two attached hydrogens (primary N) is 2. The standard InChI is InChI=1S/C23H26N8O7S3/c1-37-22(36)13(24)7-26-30-5-3-12(4-6-30)39-8-11-9-40-20-16(19(33)31(20)17(11)21(34)35)28-18(32)15(29-38-2)14-10-41-23(25)27-14/h3-6,10,13,16,20,26H,7-9,24H2,1-2H3,(H3-,25,27,28,32,34,35)/b29-15-/t13-,16+,20+/m0/s1. The molecule has 0 radical (unpaired) electrons. The van der Waals surface area contributed by atoms with Gasteiger partial charge in [0.05, 0.1) is 25.3 Å². The number of rotatable bonds is 12. The smallest absolute Gasteiger partial charge is 0.324 e. The molecule has 2 aromatic heterocycles. The summed E-state index contributed by atoms with van der Waals surface area (Å²) in [5, 5.41) is 19.5. The lowest BCUT2D eigenvalue weighted by Gasteiger charge is -2.50. The topological polar surface area (TPSA) is 218 Å². The van der Waals surface area contributed by atoms with Crippen LogP contribution in [0.15, 0.2) is 51.2 Å². The zero-order valence-corrected chi connectivity index (χ0v) is 24.2. The quantitative estimate of drug-likeness (QED) is 0.0485. The van der Waals surface area contributed by atoms with Crippen LogP contribution in [0.1, 0.15) is 5.69 Å². The molecule has 4 heterocycles. The minimum absolute atomic E-state index is 0.161. The van der Waals surface area contributed by atoms with Gasteiger partial charge in [-0.3, -0.25) is 19.3 Å². The predicted molar refractivity (Wildman–Crippen MR) is 149 cm³/mol. The summed E-state index contributed by atoms with van der Waals surface area (Å²) in [5.74, 6) is -2.68. The fourth-order valence-electron chi connectivity index (χ4n) is 3.91. The Morgan fingerprint density at radius 3 is 2.68 bits per heavy atom. The van der Waals surface area contributed by atoms with E-state index in [1.165, 1.54) is 43.1 Å². The van der Waals surface area contributed by atoms with Crippen molar-refractivity contribution >= 4 is 69.5 Å². The highest BCUT2D eigenvalue weighted by Gasteiger charge is 2.53. The minimum Gasteiger partial charge on any atom is -0.543 e. The van der Waals surface area contributed by atoms with E-state index < -0.39 is 41.2 Å². The van der Waals surface area contributed by atoms with Crippen LogP contribution in [0.3, 0.4) is 0 Å². The zero-order chi connectivity index (χ0) is 29.7. The van der Waals surface area contributed by atoms with Gasteiger partial charge in [0, 0.05) is 33.9 Å². The number of oxime groups is 1. The van der Waals surface area contributed by atoms with Gasteiger partial charge in [0.15, 0.2) is 10.8 Å². The molecule has 218 valence electrons. The Balaban J connectivity index is 1.39. The maximum absolute atomic E-state index is 13.0. The van der Waals surface area contributed by atoms with Gasteiger partial charge in [-0.15, -0.1) is 34.9 Å². The minimum atomic E-state index is -1.47. The van der Waals surface area contributed by atoms with Crippen LogP contribution < -0.4 is 32.0 Å². The normalized spacial score (nSPS) is 19.1. The molecule has 0 aliphatic carbocycles. The maximum atomic E-state index is 13.0. The number of fused-ring (bicyclic) bond motifs is 1. The largest absolute Gasteiger partial charge is 0.543 e. The van der Waals surface area contributed by atoms with Gasteiger partial charge in [0.2, 0.25) is 12.4 Å². The average molecular weight is 623 g/mol. The van der Waals surface area contributed by atoms with E-state index in [2.05, 4.69) is 25.6 Å². The Morgan fingerprint density at radius 1 is 1.34 bits per heavy atom. The van der Waals surface area contributed by atoms with Gasteiger partial charge in [-0.2, -0.15) is 5.43 Å². The first kappa shape index (κ1) is 30.1. The average Bonchev–Trinajstić information content (AvgIpc) is 3.41. The molecule has 41 heavy (non-hydrogen) atoms. The number of anilines is 1. The number of amides is 2. The molecule has 4 rings (SSSR count). The molecule has 0 spiro atoms. The molecule has 0 unspecified atom stereocenters. The van der Waals surface area contributed by atoms with Gasteiger partial charge in [-0.25, -0.2) is 4.98 Å². The SMILES string of the molecule is CO/N=C(\C(=O)N[C@@H]1C(=O)N2C(C(=O)[O-])=C(CSc3cc[n+](NC[C@H](N)C(=O)OC)cc3)CS[C@H]12)c1csc(N)n1. The molecule has 2 aliphatic rings. The summed E-state index contributed by atoms with van der Waals surface area (Å²) in [6.07, 6.45) is 3.44. The molecule has 0 aromatic carbocycles. The number of β-lactam (4-membered cyclic amide) rings is 1. The highest BCUT2D eigenvalue weighted by Crippen LogP contribution is 2.41. The van der Waals surface area contributed by atoms with E-state index in [0.29, 0.717) is 17.1 Å². The van der Waals surface area contributed by atoms with Crippen molar-refractivity contribution in [3.8, 4) is 0 Å². The van der Waals surface area contributed by atoms with E-state index in [4.69, 9.17) is 16.3 Å². The second kappa shape index (κ2) is 13.2. The van der Waals surface area contributed by atoms with Crippen LogP contribution in [0.2, 0.25) is 0 Å². The number of esters is 1. The lowest BCUT2D eigenvalue weighted by Crippen LogP contribution is -2.71. The van der Waals surface area contributed by atoms with Gasteiger partial charge in [0.25, 0.3) is 11.8 Å². The number of thioether (sulfide) groups is 2. The number of carboxylic acid groups (broad SMARTS) is 1. The van der Waals surface area contributed by atoms with E-state index in [0.717, 1.165) is 21.1 Å². The second-order valence-corrected chi connectivity index (χ2v) is 11.6. The lowest BCUT2D eigenvalue weighted by atomic mass is 10.0. The van der Waals surface area contributed by atoms with Crippen LogP contribution in [-0.4, -0.2) is 89.1 Å². The summed E-state index contributed by atoms with van der Waals surface area (Å²) in [5.41, 5.74) is 14.7. The number of pyridine rings is 1. The summed E-state index contributed by atoms with van der Waals surface area (Å²) in [4.78, 5) is 60.2. The number of hydrogen-bond acceptors (Lipinski definition) is 15. The van der Waals surface area contributed by atoms with Gasteiger partial charge in [-0.05, 0) is 5.57 Å². The van der Waals surface area contributed by atoms with E-state index in [1.54, 1.807) is 29.2 Å². The molecular formula is C23H26N8O7S3. The monoisotopic (exact) mass is 622 g/mol. The first-order valence-corrected chi connectivity index (χ1v) is 14.8. The number of nitrogen functional groups attached to an aromatic ring is 1. The molecule has 1 fully saturated rings. The Morgan fingerprint density at radius 2 is 2.07 bits per heavy atom. The Bertz CT molecular complexity index is 1400. The third kappa shape index (κ3) is 6.72. The van der Waals surface area contributed by atoms with Crippen molar-refractivity contribution in [3.63, 3.8) is 0 Å². The van der Waals surface area contributed by atoms with Crippen molar-refractivity contribution in [2.45, 2.75) is 22.4 Å². The first-order valence-electron chi connectivity index (χ1n) is 11.9. The number of nitrogens with one attached hydrogen (secondary N) is 2. The van der Waals surface area contributed by atoms with Crippen molar-refractivity contribution in [1.29, 1.82) is 0 Å².